The molecular formula is C7H14N2O. The zero-order chi connectivity index (χ0) is 7.98. The van der Waals surface area contributed by atoms with Crippen molar-refractivity contribution in [1.29, 1.82) is 0 Å². The summed E-state index contributed by atoms with van der Waals surface area (Å²) in [5, 5.41) is 2.63. The van der Waals surface area contributed by atoms with Gasteiger partial charge >= 0.3 is 0 Å². The van der Waals surface area contributed by atoms with Gasteiger partial charge in [-0.05, 0) is 19.9 Å². The number of carbonyl (C=O) groups is 1. The summed E-state index contributed by atoms with van der Waals surface area (Å²) in [5.41, 5.74) is 5.40. The highest BCUT2D eigenvalue weighted by Crippen LogP contribution is 1.73. The second kappa shape index (κ2) is 4.99. The van der Waals surface area contributed by atoms with Crippen molar-refractivity contribution in [1.82, 2.24) is 5.32 Å². The monoisotopic (exact) mass is 142 g/mol. The van der Waals surface area contributed by atoms with Gasteiger partial charge in [0.15, 0.2) is 0 Å². The molecular weight excluding hydrogens is 128 g/mol. The zero-order valence-corrected chi connectivity index (χ0v) is 6.42. The first kappa shape index (κ1) is 9.17. The number of hydrogen-bond acceptors (Lipinski definition) is 2. The van der Waals surface area contributed by atoms with Crippen molar-refractivity contribution < 1.29 is 4.79 Å². The van der Waals surface area contributed by atoms with E-state index in [2.05, 4.69) is 5.32 Å². The van der Waals surface area contributed by atoms with Gasteiger partial charge in [-0.3, -0.25) is 4.79 Å². The highest BCUT2D eigenvalue weighted by Gasteiger charge is 1.95. The Bertz CT molecular complexity index is 130. The predicted molar refractivity (Wildman–Crippen MR) is 41.5 cm³/mol. The molecule has 3 heteroatoms. The Kier molecular flexibility index (Phi) is 4.58. The lowest BCUT2D eigenvalue weighted by Crippen LogP contribution is -2.34. The maximum Gasteiger partial charge on any atom is 0.243 e. The number of hydrogen-bond donors (Lipinski definition) is 2. The second-order valence-corrected chi connectivity index (χ2v) is 2.22. The van der Waals surface area contributed by atoms with E-state index in [0.29, 0.717) is 6.54 Å². The fraction of sp³-hybridized carbons (Fsp3) is 0.571. The van der Waals surface area contributed by atoms with Crippen molar-refractivity contribution in [3.8, 4) is 0 Å². The molecule has 1 atom stereocenters. The van der Waals surface area contributed by atoms with E-state index in [-0.39, 0.29) is 11.9 Å². The second-order valence-electron chi connectivity index (χ2n) is 2.22. The molecule has 0 aromatic heterocycles. The van der Waals surface area contributed by atoms with Crippen molar-refractivity contribution in [3.63, 3.8) is 0 Å². The molecule has 0 saturated heterocycles. The molecule has 0 aliphatic heterocycles. The molecule has 1 amide bonds. The molecule has 0 heterocycles. The smallest absolute Gasteiger partial charge is 0.243 e. The Hall–Kier alpha value is -0.830. The third-order valence-electron chi connectivity index (χ3n) is 0.916. The molecule has 10 heavy (non-hydrogen) atoms. The van der Waals surface area contributed by atoms with Crippen LogP contribution in [0, 0.1) is 0 Å². The lowest BCUT2D eigenvalue weighted by molar-refractivity contribution is -0.116. The number of rotatable bonds is 3. The first-order chi connectivity index (χ1) is 4.66. The van der Waals surface area contributed by atoms with Crippen molar-refractivity contribution >= 4 is 5.91 Å². The molecule has 1 unspecified atom stereocenters. The van der Waals surface area contributed by atoms with Crippen molar-refractivity contribution in [2.75, 3.05) is 6.54 Å². The normalized spacial score (nSPS) is 13.5. The summed E-state index contributed by atoms with van der Waals surface area (Å²) in [4.78, 5) is 10.7. The Morgan fingerprint density at radius 1 is 1.80 bits per heavy atom. The van der Waals surface area contributed by atoms with Crippen LogP contribution in [-0.4, -0.2) is 18.5 Å². The van der Waals surface area contributed by atoms with E-state index in [0.717, 1.165) is 0 Å². The fourth-order valence-corrected chi connectivity index (χ4v) is 0.472. The van der Waals surface area contributed by atoms with E-state index in [4.69, 9.17) is 5.73 Å². The van der Waals surface area contributed by atoms with E-state index >= 15 is 0 Å². The van der Waals surface area contributed by atoms with E-state index in [9.17, 15) is 4.79 Å². The molecule has 3 N–H and O–H groups in total. The highest BCUT2D eigenvalue weighted by atomic mass is 16.1. The van der Waals surface area contributed by atoms with E-state index in [1.807, 2.05) is 6.92 Å². The summed E-state index contributed by atoms with van der Waals surface area (Å²) < 4.78 is 0. The molecule has 0 rings (SSSR count). The summed E-state index contributed by atoms with van der Waals surface area (Å²) in [6.45, 7) is 4.17. The van der Waals surface area contributed by atoms with Crippen LogP contribution in [0.3, 0.4) is 0 Å². The largest absolute Gasteiger partial charge is 0.351 e. The van der Waals surface area contributed by atoms with Crippen LogP contribution in [0.1, 0.15) is 13.8 Å². The summed E-state index contributed by atoms with van der Waals surface area (Å²) in [6.07, 6.45) is 3.17. The van der Waals surface area contributed by atoms with Gasteiger partial charge in [0, 0.05) is 12.6 Å². The molecule has 0 aromatic rings. The number of allylic oxidation sites excluding steroid dienone is 1. The van der Waals surface area contributed by atoms with Crippen LogP contribution in [0.25, 0.3) is 0 Å². The number of amides is 1. The van der Waals surface area contributed by atoms with Crippen molar-refractivity contribution in [2.45, 2.75) is 19.9 Å². The standard InChI is InChI=1S/C7H14N2O/c1-3-4-7(10)9-5-6(2)8/h3-4,6H,5,8H2,1-2H3,(H,9,10). The highest BCUT2D eigenvalue weighted by molar-refractivity contribution is 5.87. The van der Waals surface area contributed by atoms with Crippen LogP contribution >= 0.6 is 0 Å². The molecule has 58 valence electrons. The molecule has 0 aliphatic rings. The van der Waals surface area contributed by atoms with Gasteiger partial charge in [-0.15, -0.1) is 0 Å². The fourth-order valence-electron chi connectivity index (χ4n) is 0.472. The van der Waals surface area contributed by atoms with Gasteiger partial charge < -0.3 is 11.1 Å². The molecule has 0 spiro atoms. The first-order valence-corrected chi connectivity index (χ1v) is 3.33. The molecule has 0 aliphatic carbocycles. The Labute approximate surface area is 61.3 Å². The van der Waals surface area contributed by atoms with E-state index in [1.165, 1.54) is 6.08 Å². The number of carbonyl (C=O) groups excluding carboxylic acids is 1. The number of nitrogens with one attached hydrogen (secondary N) is 1. The Balaban J connectivity index is 3.40. The molecule has 3 nitrogen and oxygen atoms in total. The van der Waals surface area contributed by atoms with E-state index < -0.39 is 0 Å². The SMILES string of the molecule is CC=CC(=O)NCC(C)N. The lowest BCUT2D eigenvalue weighted by Gasteiger charge is -2.03. The maximum atomic E-state index is 10.7. The molecule has 0 fully saturated rings. The first-order valence-electron chi connectivity index (χ1n) is 3.33. The summed E-state index contributed by atoms with van der Waals surface area (Å²) >= 11 is 0. The van der Waals surface area contributed by atoms with Gasteiger partial charge in [-0.1, -0.05) is 6.08 Å². The van der Waals surface area contributed by atoms with Gasteiger partial charge in [0.05, 0.1) is 0 Å². The molecule has 0 radical (unpaired) electrons. The summed E-state index contributed by atoms with van der Waals surface area (Å²) in [7, 11) is 0. The average Bonchev–Trinajstić information content (AvgIpc) is 1.85. The van der Waals surface area contributed by atoms with Crippen LogP contribution in [0.15, 0.2) is 12.2 Å². The third-order valence-corrected chi connectivity index (χ3v) is 0.916. The minimum absolute atomic E-state index is 0.0224. The Morgan fingerprint density at radius 3 is 2.80 bits per heavy atom. The molecule has 0 aromatic carbocycles. The van der Waals surface area contributed by atoms with Gasteiger partial charge in [0.25, 0.3) is 0 Å². The molecule has 0 bridgehead atoms. The van der Waals surface area contributed by atoms with Crippen molar-refractivity contribution in [3.05, 3.63) is 12.2 Å². The van der Waals surface area contributed by atoms with Gasteiger partial charge in [0.2, 0.25) is 5.91 Å². The van der Waals surface area contributed by atoms with Gasteiger partial charge in [-0.25, -0.2) is 0 Å². The maximum absolute atomic E-state index is 10.7. The molecule has 0 saturated carbocycles. The van der Waals surface area contributed by atoms with Crippen LogP contribution in [0.2, 0.25) is 0 Å². The zero-order valence-electron chi connectivity index (χ0n) is 6.42. The summed E-state index contributed by atoms with van der Waals surface area (Å²) in [6, 6.07) is 0.0224. The summed E-state index contributed by atoms with van der Waals surface area (Å²) in [5.74, 6) is -0.0835. The third kappa shape index (κ3) is 5.31. The Morgan fingerprint density at radius 2 is 2.40 bits per heavy atom. The minimum atomic E-state index is -0.0835. The van der Waals surface area contributed by atoms with Crippen LogP contribution < -0.4 is 11.1 Å². The topological polar surface area (TPSA) is 55.1 Å². The average molecular weight is 142 g/mol. The number of nitrogens with two attached hydrogens (primary N) is 1. The van der Waals surface area contributed by atoms with Gasteiger partial charge in [0.1, 0.15) is 0 Å². The predicted octanol–water partition coefficient (Wildman–Crippen LogP) is 0.0259. The van der Waals surface area contributed by atoms with Crippen LogP contribution in [0.4, 0.5) is 0 Å². The minimum Gasteiger partial charge on any atom is -0.351 e. The van der Waals surface area contributed by atoms with Crippen molar-refractivity contribution in [2.24, 2.45) is 5.73 Å². The van der Waals surface area contributed by atoms with Crippen LogP contribution in [-0.2, 0) is 4.79 Å². The lowest BCUT2D eigenvalue weighted by atomic mass is 10.3. The quantitative estimate of drug-likeness (QED) is 0.546. The van der Waals surface area contributed by atoms with Crippen LogP contribution in [0.5, 0.6) is 0 Å². The van der Waals surface area contributed by atoms with E-state index in [1.54, 1.807) is 13.0 Å². The van der Waals surface area contributed by atoms with Gasteiger partial charge in [-0.2, -0.15) is 0 Å².